The molecule has 2 nitrogen and oxygen atoms in total. The molecule has 0 aromatic carbocycles. The second-order valence-corrected chi connectivity index (χ2v) is 5.24. The number of nitrogens with one attached hydrogen (secondary N) is 1. The molecule has 1 heterocycles. The number of likely N-dealkylation sites (tertiary alicyclic amines) is 1. The van der Waals surface area contributed by atoms with E-state index in [4.69, 9.17) is 0 Å². The van der Waals surface area contributed by atoms with Crippen molar-refractivity contribution >= 4 is 0 Å². The molecule has 2 rings (SSSR count). The van der Waals surface area contributed by atoms with Crippen molar-refractivity contribution in [2.45, 2.75) is 44.3 Å². The van der Waals surface area contributed by atoms with E-state index in [1.807, 2.05) is 0 Å². The smallest absolute Gasteiger partial charge is 0.314 e. The third kappa shape index (κ3) is 4.47. The molecule has 5 heteroatoms. The second kappa shape index (κ2) is 5.57. The maximum absolute atomic E-state index is 12.4. The van der Waals surface area contributed by atoms with E-state index in [1.54, 1.807) is 0 Å². The van der Waals surface area contributed by atoms with Gasteiger partial charge in [-0.15, -0.1) is 0 Å². The number of hydrogen-bond donors (Lipinski definition) is 1. The van der Waals surface area contributed by atoms with Crippen LogP contribution in [-0.4, -0.2) is 43.3 Å². The third-order valence-corrected chi connectivity index (χ3v) is 3.71. The minimum absolute atomic E-state index is 0.277. The van der Waals surface area contributed by atoms with Crippen LogP contribution in [0.25, 0.3) is 0 Å². The molecule has 1 aliphatic heterocycles. The molecule has 1 saturated carbocycles. The van der Waals surface area contributed by atoms with Gasteiger partial charge < -0.3 is 10.2 Å². The molecule has 2 fully saturated rings. The first-order chi connectivity index (χ1) is 8.05. The van der Waals surface area contributed by atoms with Crippen molar-refractivity contribution in [3.8, 4) is 0 Å². The van der Waals surface area contributed by atoms with E-state index in [2.05, 4.69) is 10.2 Å². The van der Waals surface area contributed by atoms with Gasteiger partial charge >= 0.3 is 6.18 Å². The molecule has 0 spiro atoms. The minimum atomic E-state index is -3.99. The summed E-state index contributed by atoms with van der Waals surface area (Å²) in [4.78, 5) is 2.16. The van der Waals surface area contributed by atoms with Crippen LogP contribution >= 0.6 is 0 Å². The van der Waals surface area contributed by atoms with Crippen molar-refractivity contribution in [2.24, 2.45) is 5.92 Å². The van der Waals surface area contributed by atoms with Crippen LogP contribution in [0.3, 0.4) is 0 Å². The fraction of sp³-hybridized carbons (Fsp3) is 1.00. The Morgan fingerprint density at radius 3 is 2.24 bits per heavy atom. The molecule has 1 aliphatic carbocycles. The topological polar surface area (TPSA) is 15.3 Å². The van der Waals surface area contributed by atoms with Crippen LogP contribution in [0.5, 0.6) is 0 Å². The summed E-state index contributed by atoms with van der Waals surface area (Å²) in [5.41, 5.74) is 0. The Morgan fingerprint density at radius 1 is 1.06 bits per heavy atom. The van der Waals surface area contributed by atoms with Crippen molar-refractivity contribution in [3.63, 3.8) is 0 Å². The van der Waals surface area contributed by atoms with Gasteiger partial charge in [0.15, 0.2) is 0 Å². The molecule has 100 valence electrons. The van der Waals surface area contributed by atoms with Crippen LogP contribution in [-0.2, 0) is 0 Å². The quantitative estimate of drug-likeness (QED) is 0.754. The van der Waals surface area contributed by atoms with Gasteiger partial charge in [-0.25, -0.2) is 0 Å². The van der Waals surface area contributed by atoms with Crippen LogP contribution in [0, 0.1) is 5.92 Å². The first kappa shape index (κ1) is 13.1. The highest BCUT2D eigenvalue weighted by Crippen LogP contribution is 2.33. The number of halogens is 3. The first-order valence-corrected chi connectivity index (χ1v) is 6.58. The zero-order valence-corrected chi connectivity index (χ0v) is 10.1. The molecule has 0 aromatic heterocycles. The lowest BCUT2D eigenvalue weighted by molar-refractivity contribution is -0.185. The van der Waals surface area contributed by atoms with Gasteiger partial charge in [-0.3, -0.25) is 0 Å². The molecule has 1 N–H and O–H groups in total. The zero-order valence-electron chi connectivity index (χ0n) is 10.1. The largest absolute Gasteiger partial charge is 0.391 e. The van der Waals surface area contributed by atoms with Gasteiger partial charge in [0.05, 0.1) is 5.92 Å². The predicted octanol–water partition coefficient (Wildman–Crippen LogP) is 2.40. The Hall–Kier alpha value is -0.290. The van der Waals surface area contributed by atoms with Crippen LogP contribution < -0.4 is 5.32 Å². The molecule has 0 radical (unpaired) electrons. The van der Waals surface area contributed by atoms with Gasteiger partial charge in [0.2, 0.25) is 0 Å². The molecular formula is C12H21F3N2. The molecule has 0 unspecified atom stereocenters. The SMILES string of the molecule is FC(F)(F)C1CCN(CCCNC2CC2)CC1. The fourth-order valence-electron chi connectivity index (χ4n) is 2.38. The van der Waals surface area contributed by atoms with Crippen molar-refractivity contribution in [2.75, 3.05) is 26.2 Å². The zero-order chi connectivity index (χ0) is 12.3. The van der Waals surface area contributed by atoms with Crippen LogP contribution in [0.1, 0.15) is 32.1 Å². The Bertz CT molecular complexity index is 230. The van der Waals surface area contributed by atoms with Crippen molar-refractivity contribution < 1.29 is 13.2 Å². The monoisotopic (exact) mass is 250 g/mol. The van der Waals surface area contributed by atoms with Gasteiger partial charge in [-0.2, -0.15) is 13.2 Å². The van der Waals surface area contributed by atoms with E-state index in [-0.39, 0.29) is 12.8 Å². The lowest BCUT2D eigenvalue weighted by atomic mass is 9.96. The van der Waals surface area contributed by atoms with Crippen LogP contribution in [0.4, 0.5) is 13.2 Å². The molecule has 0 amide bonds. The van der Waals surface area contributed by atoms with E-state index >= 15 is 0 Å². The van der Waals surface area contributed by atoms with Crippen molar-refractivity contribution in [1.82, 2.24) is 10.2 Å². The maximum atomic E-state index is 12.4. The van der Waals surface area contributed by atoms with E-state index in [9.17, 15) is 13.2 Å². The summed E-state index contributed by atoms with van der Waals surface area (Å²) in [6.45, 7) is 3.15. The summed E-state index contributed by atoms with van der Waals surface area (Å²) in [5.74, 6) is -1.07. The molecule has 17 heavy (non-hydrogen) atoms. The molecule has 0 bridgehead atoms. The number of nitrogens with zero attached hydrogens (tertiary/aromatic N) is 1. The summed E-state index contributed by atoms with van der Waals surface area (Å²) < 4.78 is 37.3. The number of piperidine rings is 1. The van der Waals surface area contributed by atoms with E-state index in [0.29, 0.717) is 13.1 Å². The average Bonchev–Trinajstić information content (AvgIpc) is 3.08. The maximum Gasteiger partial charge on any atom is 0.391 e. The number of alkyl halides is 3. The van der Waals surface area contributed by atoms with Crippen molar-refractivity contribution in [3.05, 3.63) is 0 Å². The fourth-order valence-corrected chi connectivity index (χ4v) is 2.38. The van der Waals surface area contributed by atoms with E-state index in [0.717, 1.165) is 25.6 Å². The Labute approximate surface area is 101 Å². The Balaban J connectivity index is 1.55. The predicted molar refractivity (Wildman–Crippen MR) is 60.9 cm³/mol. The lowest BCUT2D eigenvalue weighted by Crippen LogP contribution is -2.40. The van der Waals surface area contributed by atoms with Gasteiger partial charge in [-0.1, -0.05) is 0 Å². The minimum Gasteiger partial charge on any atom is -0.314 e. The summed E-state index contributed by atoms with van der Waals surface area (Å²) in [6, 6.07) is 0.728. The standard InChI is InChI=1S/C12H21F3N2/c13-12(14,15)10-4-8-17(9-5-10)7-1-6-16-11-2-3-11/h10-11,16H,1-9H2. The summed E-state index contributed by atoms with van der Waals surface area (Å²) >= 11 is 0. The number of rotatable bonds is 5. The van der Waals surface area contributed by atoms with Crippen LogP contribution in [0.2, 0.25) is 0 Å². The average molecular weight is 250 g/mol. The number of hydrogen-bond acceptors (Lipinski definition) is 2. The highest BCUT2D eigenvalue weighted by molar-refractivity contribution is 4.81. The first-order valence-electron chi connectivity index (χ1n) is 6.58. The molecule has 1 saturated heterocycles. The van der Waals surface area contributed by atoms with E-state index in [1.165, 1.54) is 12.8 Å². The molecular weight excluding hydrogens is 229 g/mol. The second-order valence-electron chi connectivity index (χ2n) is 5.24. The Morgan fingerprint density at radius 2 is 1.71 bits per heavy atom. The van der Waals surface area contributed by atoms with Gasteiger partial charge in [0.25, 0.3) is 0 Å². The summed E-state index contributed by atoms with van der Waals surface area (Å²) in [6.07, 6.45) is 0.194. The normalized spacial score (nSPS) is 24.2. The van der Waals surface area contributed by atoms with Gasteiger partial charge in [0.1, 0.15) is 0 Å². The summed E-state index contributed by atoms with van der Waals surface area (Å²) in [5, 5.41) is 3.42. The highest BCUT2D eigenvalue weighted by Gasteiger charge is 2.40. The van der Waals surface area contributed by atoms with Crippen molar-refractivity contribution in [1.29, 1.82) is 0 Å². The molecule has 2 aliphatic rings. The molecule has 0 aromatic rings. The molecule has 0 atom stereocenters. The Kier molecular flexibility index (Phi) is 4.31. The van der Waals surface area contributed by atoms with Gasteiger partial charge in [-0.05, 0) is 58.3 Å². The van der Waals surface area contributed by atoms with E-state index < -0.39 is 12.1 Å². The highest BCUT2D eigenvalue weighted by atomic mass is 19.4. The summed E-state index contributed by atoms with van der Waals surface area (Å²) in [7, 11) is 0. The van der Waals surface area contributed by atoms with Gasteiger partial charge in [0, 0.05) is 6.04 Å². The third-order valence-electron chi connectivity index (χ3n) is 3.71. The lowest BCUT2D eigenvalue weighted by Gasteiger charge is -2.32. The van der Waals surface area contributed by atoms with Crippen LogP contribution in [0.15, 0.2) is 0 Å².